The fourth-order valence-electron chi connectivity index (χ4n) is 2.55. The molecule has 26 heavy (non-hydrogen) atoms. The number of benzene rings is 2. The molecule has 1 atom stereocenters. The predicted octanol–water partition coefficient (Wildman–Crippen LogP) is 5.48. The van der Waals surface area contributed by atoms with Gasteiger partial charge in [-0.2, -0.15) is 0 Å². The van der Waals surface area contributed by atoms with Crippen molar-refractivity contribution in [3.63, 3.8) is 0 Å². The van der Waals surface area contributed by atoms with Gasteiger partial charge < -0.3 is 14.8 Å². The number of ether oxygens (including phenoxy) is 2. The maximum Gasteiger partial charge on any atom is 0.408 e. The second-order valence-electron chi connectivity index (χ2n) is 6.56. The van der Waals surface area contributed by atoms with Crippen LogP contribution in [0.4, 0.5) is 4.79 Å². The Morgan fingerprint density at radius 3 is 2.42 bits per heavy atom. The van der Waals surface area contributed by atoms with Crippen LogP contribution in [0.15, 0.2) is 71.2 Å². The molecule has 0 aliphatic heterocycles. The highest BCUT2D eigenvalue weighted by Crippen LogP contribution is 2.23. The van der Waals surface area contributed by atoms with Crippen molar-refractivity contribution in [3.8, 4) is 5.75 Å². The smallest absolute Gasteiger partial charge is 0.408 e. The lowest BCUT2D eigenvalue weighted by Gasteiger charge is -2.29. The van der Waals surface area contributed by atoms with E-state index in [2.05, 4.69) is 27.8 Å². The largest absolute Gasteiger partial charge is 0.489 e. The van der Waals surface area contributed by atoms with E-state index in [0.717, 1.165) is 21.4 Å². The molecule has 0 saturated carbocycles. The zero-order chi connectivity index (χ0) is 19.0. The summed E-state index contributed by atoms with van der Waals surface area (Å²) in [7, 11) is 0. The standard InChI is InChI=1S/C21H24BrNO3/c1-16(2)13-21(3,15-25-19-11-9-18(22)10-12-19)26-20(24)23-14-17-7-5-4-6-8-17/h4-12H,1,13-15H2,2-3H3,(H,23,24)/t21-/m0/s1. The zero-order valence-electron chi connectivity index (χ0n) is 15.1. The molecule has 0 spiro atoms. The van der Waals surface area contributed by atoms with E-state index in [9.17, 15) is 4.79 Å². The van der Waals surface area contributed by atoms with Crippen LogP contribution in [-0.2, 0) is 11.3 Å². The molecule has 0 radical (unpaired) electrons. The Morgan fingerprint density at radius 2 is 1.81 bits per heavy atom. The van der Waals surface area contributed by atoms with E-state index in [-0.39, 0.29) is 6.61 Å². The van der Waals surface area contributed by atoms with Gasteiger partial charge in [-0.1, -0.05) is 58.4 Å². The summed E-state index contributed by atoms with van der Waals surface area (Å²) in [4.78, 5) is 12.2. The Labute approximate surface area is 163 Å². The number of hydrogen-bond donors (Lipinski definition) is 1. The van der Waals surface area contributed by atoms with Crippen LogP contribution in [0, 0.1) is 0 Å². The molecule has 5 heteroatoms. The fraction of sp³-hybridized carbons (Fsp3) is 0.286. The lowest BCUT2D eigenvalue weighted by atomic mass is 9.99. The number of hydrogen-bond acceptors (Lipinski definition) is 3. The Hall–Kier alpha value is -2.27. The molecule has 0 unspecified atom stereocenters. The number of rotatable bonds is 8. The first kappa shape index (κ1) is 20.0. The Bertz CT molecular complexity index is 731. The van der Waals surface area contributed by atoms with Gasteiger partial charge in [0.15, 0.2) is 0 Å². The Kier molecular flexibility index (Phi) is 7.27. The summed E-state index contributed by atoms with van der Waals surface area (Å²) in [5, 5.41) is 2.78. The third kappa shape index (κ3) is 6.92. The normalized spacial score (nSPS) is 12.7. The van der Waals surface area contributed by atoms with Gasteiger partial charge in [-0.05, 0) is 43.7 Å². The van der Waals surface area contributed by atoms with Crippen LogP contribution in [0.1, 0.15) is 25.8 Å². The molecule has 0 fully saturated rings. The van der Waals surface area contributed by atoms with Crippen molar-refractivity contribution >= 4 is 22.0 Å². The van der Waals surface area contributed by atoms with Crippen molar-refractivity contribution in [2.45, 2.75) is 32.4 Å². The van der Waals surface area contributed by atoms with Gasteiger partial charge in [0, 0.05) is 17.4 Å². The minimum absolute atomic E-state index is 0.236. The average Bonchev–Trinajstić information content (AvgIpc) is 2.60. The van der Waals surface area contributed by atoms with E-state index in [1.807, 2.05) is 68.4 Å². The molecule has 1 amide bonds. The number of nitrogens with one attached hydrogen (secondary N) is 1. The second-order valence-corrected chi connectivity index (χ2v) is 7.47. The molecular formula is C21H24BrNO3. The van der Waals surface area contributed by atoms with E-state index >= 15 is 0 Å². The van der Waals surface area contributed by atoms with Crippen molar-refractivity contribution in [1.29, 1.82) is 0 Å². The quantitative estimate of drug-likeness (QED) is 0.578. The molecule has 2 aromatic carbocycles. The minimum Gasteiger partial charge on any atom is -0.489 e. The lowest BCUT2D eigenvalue weighted by molar-refractivity contribution is -0.00895. The molecule has 0 heterocycles. The van der Waals surface area contributed by atoms with Crippen LogP contribution < -0.4 is 10.1 Å². The molecule has 2 aromatic rings. The highest BCUT2D eigenvalue weighted by atomic mass is 79.9. The number of carbonyl (C=O) groups excluding carboxylic acids is 1. The summed E-state index contributed by atoms with van der Waals surface area (Å²) in [5.74, 6) is 0.717. The number of alkyl carbamates (subject to hydrolysis) is 1. The van der Waals surface area contributed by atoms with E-state index in [0.29, 0.717) is 13.0 Å². The van der Waals surface area contributed by atoms with Crippen LogP contribution in [0.5, 0.6) is 5.75 Å². The molecule has 0 aliphatic rings. The zero-order valence-corrected chi connectivity index (χ0v) is 16.7. The van der Waals surface area contributed by atoms with Crippen LogP contribution >= 0.6 is 15.9 Å². The van der Waals surface area contributed by atoms with Gasteiger partial charge in [-0.25, -0.2) is 4.79 Å². The highest BCUT2D eigenvalue weighted by molar-refractivity contribution is 9.10. The van der Waals surface area contributed by atoms with Gasteiger partial charge in [-0.3, -0.25) is 0 Å². The van der Waals surface area contributed by atoms with Crippen molar-refractivity contribution in [2.75, 3.05) is 6.61 Å². The summed E-state index contributed by atoms with van der Waals surface area (Å²) in [6.45, 7) is 8.34. The van der Waals surface area contributed by atoms with E-state index < -0.39 is 11.7 Å². The summed E-state index contributed by atoms with van der Waals surface area (Å²) < 4.78 is 12.5. The molecule has 4 nitrogen and oxygen atoms in total. The minimum atomic E-state index is -0.806. The first-order valence-electron chi connectivity index (χ1n) is 8.40. The Morgan fingerprint density at radius 1 is 1.15 bits per heavy atom. The summed E-state index contributed by atoms with van der Waals surface area (Å²) >= 11 is 3.39. The third-order valence-corrected chi connectivity index (χ3v) is 4.18. The third-order valence-electron chi connectivity index (χ3n) is 3.65. The fourth-order valence-corrected chi connectivity index (χ4v) is 2.82. The highest BCUT2D eigenvalue weighted by Gasteiger charge is 2.30. The second kappa shape index (κ2) is 9.43. The Balaban J connectivity index is 1.94. The van der Waals surface area contributed by atoms with Gasteiger partial charge in [-0.15, -0.1) is 0 Å². The number of carbonyl (C=O) groups is 1. The molecule has 0 saturated heterocycles. The molecule has 0 aliphatic carbocycles. The SMILES string of the molecule is C=C(C)C[C@@](C)(COc1ccc(Br)cc1)OC(=O)NCc1ccccc1. The number of halogens is 1. The first-order valence-corrected chi connectivity index (χ1v) is 9.19. The molecule has 0 aromatic heterocycles. The van der Waals surface area contributed by atoms with E-state index in [1.165, 1.54) is 0 Å². The summed E-state index contributed by atoms with van der Waals surface area (Å²) in [6, 6.07) is 17.2. The predicted molar refractivity (Wildman–Crippen MR) is 107 cm³/mol. The summed E-state index contributed by atoms with van der Waals surface area (Å²) in [5.41, 5.74) is 1.12. The van der Waals surface area contributed by atoms with Crippen LogP contribution in [0.2, 0.25) is 0 Å². The monoisotopic (exact) mass is 417 g/mol. The van der Waals surface area contributed by atoms with Crippen molar-refractivity contribution in [2.24, 2.45) is 0 Å². The van der Waals surface area contributed by atoms with Gasteiger partial charge in [0.1, 0.15) is 18.0 Å². The first-order chi connectivity index (χ1) is 12.4. The topological polar surface area (TPSA) is 47.6 Å². The van der Waals surface area contributed by atoms with Crippen molar-refractivity contribution in [1.82, 2.24) is 5.32 Å². The summed E-state index contributed by atoms with van der Waals surface area (Å²) in [6.07, 6.45) is 0.0412. The molecule has 138 valence electrons. The van der Waals surface area contributed by atoms with Crippen LogP contribution in [-0.4, -0.2) is 18.3 Å². The van der Waals surface area contributed by atoms with Gasteiger partial charge in [0.25, 0.3) is 0 Å². The van der Waals surface area contributed by atoms with E-state index in [4.69, 9.17) is 9.47 Å². The maximum absolute atomic E-state index is 12.2. The van der Waals surface area contributed by atoms with E-state index in [1.54, 1.807) is 0 Å². The molecular weight excluding hydrogens is 394 g/mol. The lowest BCUT2D eigenvalue weighted by Crippen LogP contribution is -2.41. The molecule has 0 bridgehead atoms. The number of amides is 1. The van der Waals surface area contributed by atoms with Crippen molar-refractivity contribution < 1.29 is 14.3 Å². The van der Waals surface area contributed by atoms with Crippen LogP contribution in [0.3, 0.4) is 0 Å². The molecule has 2 rings (SSSR count). The average molecular weight is 418 g/mol. The van der Waals surface area contributed by atoms with Gasteiger partial charge >= 0.3 is 6.09 Å². The molecule has 1 N–H and O–H groups in total. The van der Waals surface area contributed by atoms with Crippen molar-refractivity contribution in [3.05, 3.63) is 76.8 Å². The van der Waals surface area contributed by atoms with Gasteiger partial charge in [0.05, 0.1) is 0 Å². The maximum atomic E-state index is 12.2. The van der Waals surface area contributed by atoms with Gasteiger partial charge in [0.2, 0.25) is 0 Å². The van der Waals surface area contributed by atoms with Crippen LogP contribution in [0.25, 0.3) is 0 Å².